The zero-order valence-electron chi connectivity index (χ0n) is 10.1. The summed E-state index contributed by atoms with van der Waals surface area (Å²) in [6.07, 6.45) is 3.07. The zero-order chi connectivity index (χ0) is 12.0. The van der Waals surface area contributed by atoms with Crippen molar-refractivity contribution in [2.24, 2.45) is 5.73 Å². The number of carboxylic acid groups (broad SMARTS) is 1. The summed E-state index contributed by atoms with van der Waals surface area (Å²) in [6, 6.07) is -0.437. The van der Waals surface area contributed by atoms with Crippen molar-refractivity contribution in [3.63, 3.8) is 0 Å². The molecule has 0 spiro atoms. The van der Waals surface area contributed by atoms with Crippen LogP contribution in [0.3, 0.4) is 0 Å². The fraction of sp³-hybridized carbons (Fsp3) is 0.909. The van der Waals surface area contributed by atoms with E-state index in [-0.39, 0.29) is 0 Å². The van der Waals surface area contributed by atoms with Gasteiger partial charge in [-0.25, -0.2) is 0 Å². The summed E-state index contributed by atoms with van der Waals surface area (Å²) in [5, 5.41) is 9.06. The molecule has 1 aliphatic rings. The average molecular weight is 229 g/mol. The van der Waals surface area contributed by atoms with Crippen LogP contribution in [-0.2, 0) is 4.79 Å². The zero-order valence-corrected chi connectivity index (χ0v) is 10.1. The Hall–Kier alpha value is -0.650. The molecule has 16 heavy (non-hydrogen) atoms. The summed E-state index contributed by atoms with van der Waals surface area (Å²) in [5.41, 5.74) is 5.42. The van der Waals surface area contributed by atoms with Crippen molar-refractivity contribution in [3.8, 4) is 0 Å². The normalized spacial score (nSPS) is 19.2. The van der Waals surface area contributed by atoms with Crippen molar-refractivity contribution in [2.45, 2.75) is 25.3 Å². The van der Waals surface area contributed by atoms with Gasteiger partial charge in [-0.2, -0.15) is 0 Å². The molecule has 0 aromatic rings. The molecular weight excluding hydrogens is 206 g/mol. The third kappa shape index (κ3) is 4.08. The van der Waals surface area contributed by atoms with Crippen LogP contribution >= 0.6 is 0 Å². The Balaban J connectivity index is 2.29. The Morgan fingerprint density at radius 1 is 1.50 bits per heavy atom. The van der Waals surface area contributed by atoms with Gasteiger partial charge in [0.1, 0.15) is 6.04 Å². The molecule has 1 saturated heterocycles. The van der Waals surface area contributed by atoms with Gasteiger partial charge in [-0.15, -0.1) is 0 Å². The van der Waals surface area contributed by atoms with Gasteiger partial charge in [-0.1, -0.05) is 0 Å². The Labute approximate surface area is 97.2 Å². The van der Waals surface area contributed by atoms with Crippen molar-refractivity contribution < 1.29 is 9.90 Å². The first-order valence-corrected chi connectivity index (χ1v) is 6.00. The second-order valence-electron chi connectivity index (χ2n) is 4.46. The maximum Gasteiger partial charge on any atom is 0.320 e. The predicted octanol–water partition coefficient (Wildman–Crippen LogP) is -0.184. The molecule has 1 rings (SSSR count). The number of rotatable bonds is 7. The minimum atomic E-state index is -0.769. The van der Waals surface area contributed by atoms with Gasteiger partial charge in [0.2, 0.25) is 0 Å². The molecule has 5 heteroatoms. The Bertz CT molecular complexity index is 217. The first-order valence-electron chi connectivity index (χ1n) is 6.00. The predicted molar refractivity (Wildman–Crippen MR) is 63.4 cm³/mol. The van der Waals surface area contributed by atoms with Crippen LogP contribution in [0.4, 0.5) is 0 Å². The highest BCUT2D eigenvalue weighted by Gasteiger charge is 2.22. The molecule has 0 saturated carbocycles. The monoisotopic (exact) mass is 229 g/mol. The van der Waals surface area contributed by atoms with Gasteiger partial charge in [0.25, 0.3) is 0 Å². The molecule has 0 aromatic carbocycles. The van der Waals surface area contributed by atoms with E-state index in [4.69, 9.17) is 10.8 Å². The number of nitrogens with two attached hydrogens (primary N) is 1. The molecule has 0 amide bonds. The largest absolute Gasteiger partial charge is 0.480 e. The van der Waals surface area contributed by atoms with Crippen LogP contribution in [0.1, 0.15) is 19.3 Å². The Kier molecular flexibility index (Phi) is 5.73. The number of carbonyl (C=O) groups is 1. The minimum absolute atomic E-state index is 0.422. The molecule has 94 valence electrons. The van der Waals surface area contributed by atoms with E-state index >= 15 is 0 Å². The van der Waals surface area contributed by atoms with Crippen molar-refractivity contribution in [2.75, 3.05) is 39.8 Å². The molecule has 1 heterocycles. The maximum atomic E-state index is 11.0. The highest BCUT2D eigenvalue weighted by Crippen LogP contribution is 2.08. The van der Waals surface area contributed by atoms with Crippen LogP contribution in [-0.4, -0.2) is 66.7 Å². The molecule has 3 N–H and O–H groups in total. The fourth-order valence-electron chi connectivity index (χ4n) is 2.15. The van der Waals surface area contributed by atoms with Crippen molar-refractivity contribution in [1.29, 1.82) is 0 Å². The number of hydrogen-bond donors (Lipinski definition) is 2. The van der Waals surface area contributed by atoms with Crippen LogP contribution in [0.25, 0.3) is 0 Å². The standard InChI is InChI=1S/C11H23N3O2/c1-13(10(4-5-12)11(15)16)8-9-14-6-2-3-7-14/h10H,2-9,12H2,1H3,(H,15,16). The van der Waals surface area contributed by atoms with Gasteiger partial charge in [-0.05, 0) is 45.9 Å². The molecule has 0 bridgehead atoms. The maximum absolute atomic E-state index is 11.0. The number of likely N-dealkylation sites (N-methyl/N-ethyl adjacent to an activating group) is 1. The number of likely N-dealkylation sites (tertiary alicyclic amines) is 1. The lowest BCUT2D eigenvalue weighted by Gasteiger charge is -2.26. The van der Waals surface area contributed by atoms with E-state index < -0.39 is 12.0 Å². The first kappa shape index (κ1) is 13.4. The quantitative estimate of drug-likeness (QED) is 0.633. The minimum Gasteiger partial charge on any atom is -0.480 e. The van der Waals surface area contributed by atoms with E-state index in [9.17, 15) is 4.79 Å². The van der Waals surface area contributed by atoms with Crippen LogP contribution in [0.2, 0.25) is 0 Å². The lowest BCUT2D eigenvalue weighted by atomic mass is 10.2. The number of nitrogens with zero attached hydrogens (tertiary/aromatic N) is 2. The van der Waals surface area contributed by atoms with Crippen LogP contribution in [0.15, 0.2) is 0 Å². The molecule has 0 radical (unpaired) electrons. The van der Waals surface area contributed by atoms with Crippen molar-refractivity contribution in [3.05, 3.63) is 0 Å². The fourth-order valence-corrected chi connectivity index (χ4v) is 2.15. The lowest BCUT2D eigenvalue weighted by Crippen LogP contribution is -2.43. The summed E-state index contributed by atoms with van der Waals surface area (Å²) in [6.45, 7) is 4.50. The van der Waals surface area contributed by atoms with E-state index in [2.05, 4.69) is 4.90 Å². The van der Waals surface area contributed by atoms with E-state index in [0.29, 0.717) is 13.0 Å². The molecule has 1 unspecified atom stereocenters. The van der Waals surface area contributed by atoms with Gasteiger partial charge in [0.15, 0.2) is 0 Å². The molecule has 0 aromatic heterocycles. The summed E-state index contributed by atoms with van der Waals surface area (Å²) in [4.78, 5) is 15.3. The third-order valence-corrected chi connectivity index (χ3v) is 3.22. The SMILES string of the molecule is CN(CCN1CCCC1)C(CCN)C(=O)O. The van der Waals surface area contributed by atoms with Crippen LogP contribution in [0, 0.1) is 0 Å². The molecular formula is C11H23N3O2. The summed E-state index contributed by atoms with van der Waals surface area (Å²) < 4.78 is 0. The van der Waals surface area contributed by atoms with Crippen molar-refractivity contribution >= 4 is 5.97 Å². The second-order valence-corrected chi connectivity index (χ2v) is 4.46. The average Bonchev–Trinajstić information content (AvgIpc) is 2.75. The Morgan fingerprint density at radius 2 is 2.12 bits per heavy atom. The summed E-state index contributed by atoms with van der Waals surface area (Å²) in [5.74, 6) is -0.769. The van der Waals surface area contributed by atoms with E-state index in [1.807, 2.05) is 11.9 Å². The molecule has 1 fully saturated rings. The molecule has 1 atom stereocenters. The van der Waals surface area contributed by atoms with Gasteiger partial charge >= 0.3 is 5.97 Å². The third-order valence-electron chi connectivity index (χ3n) is 3.22. The first-order chi connectivity index (χ1) is 7.65. The van der Waals surface area contributed by atoms with Crippen LogP contribution in [0.5, 0.6) is 0 Å². The van der Waals surface area contributed by atoms with Gasteiger partial charge < -0.3 is 15.7 Å². The van der Waals surface area contributed by atoms with E-state index in [1.165, 1.54) is 12.8 Å². The van der Waals surface area contributed by atoms with Gasteiger partial charge in [0, 0.05) is 13.1 Å². The number of carboxylic acids is 1. The molecule has 0 aliphatic carbocycles. The van der Waals surface area contributed by atoms with E-state index in [0.717, 1.165) is 26.2 Å². The Morgan fingerprint density at radius 3 is 2.62 bits per heavy atom. The lowest BCUT2D eigenvalue weighted by molar-refractivity contribution is -0.143. The highest BCUT2D eigenvalue weighted by atomic mass is 16.4. The number of aliphatic carboxylic acids is 1. The highest BCUT2D eigenvalue weighted by molar-refractivity contribution is 5.73. The van der Waals surface area contributed by atoms with Crippen LogP contribution < -0.4 is 5.73 Å². The summed E-state index contributed by atoms with van der Waals surface area (Å²) >= 11 is 0. The van der Waals surface area contributed by atoms with Gasteiger partial charge in [0.05, 0.1) is 0 Å². The van der Waals surface area contributed by atoms with Gasteiger partial charge in [-0.3, -0.25) is 9.69 Å². The molecule has 1 aliphatic heterocycles. The van der Waals surface area contributed by atoms with E-state index in [1.54, 1.807) is 0 Å². The number of hydrogen-bond acceptors (Lipinski definition) is 4. The second kappa shape index (κ2) is 6.83. The summed E-state index contributed by atoms with van der Waals surface area (Å²) in [7, 11) is 1.87. The van der Waals surface area contributed by atoms with Crippen molar-refractivity contribution in [1.82, 2.24) is 9.80 Å². The molecule has 5 nitrogen and oxygen atoms in total. The topological polar surface area (TPSA) is 69.8 Å². The smallest absolute Gasteiger partial charge is 0.320 e.